The molecule has 0 fully saturated rings. The average molecular weight is 533 g/mol. The number of benzene rings is 3. The van der Waals surface area contributed by atoms with Crippen LogP contribution in [-0.4, -0.2) is 0 Å². The summed E-state index contributed by atoms with van der Waals surface area (Å²) < 4.78 is 141. The second-order valence-corrected chi connectivity index (χ2v) is 7.23. The smallest absolute Gasteiger partial charge is 0.429 e. The molecule has 0 aliphatic carbocycles. The maximum absolute atomic E-state index is 14.4. The molecule has 0 aliphatic rings. The van der Waals surface area contributed by atoms with E-state index in [1.54, 1.807) is 0 Å². The molecule has 0 unspecified atom stereocenters. The Bertz CT molecular complexity index is 1140. The zero-order valence-electron chi connectivity index (χ0n) is 15.1. The van der Waals surface area contributed by atoms with Crippen LogP contribution in [0.25, 0.3) is 11.1 Å². The largest absolute Gasteiger partial charge is 0.432 e. The van der Waals surface area contributed by atoms with Crippen molar-refractivity contribution in [3.63, 3.8) is 0 Å². The van der Waals surface area contributed by atoms with E-state index in [4.69, 9.17) is 0 Å². The molecule has 170 valence electrons. The van der Waals surface area contributed by atoms with Crippen LogP contribution in [0.15, 0.2) is 46.9 Å². The van der Waals surface area contributed by atoms with Crippen LogP contribution in [0.3, 0.4) is 0 Å². The third kappa shape index (κ3) is 4.69. The monoisotopic (exact) mass is 532 g/mol. The molecular weight excluding hydrogens is 526 g/mol. The first kappa shape index (κ1) is 23.9. The van der Waals surface area contributed by atoms with Crippen LogP contribution in [0.4, 0.5) is 43.9 Å². The number of ether oxygens (including phenoxy) is 1. The van der Waals surface area contributed by atoms with Gasteiger partial charge in [0.1, 0.15) is 46.0 Å². The standard InChI is InChI=1S/C20H7BrF10O/c21-9-1-2-11(12(22)5-9)8-3-13(23)18(14(24)4-8)20(30,31)32-10-6-15(25)17(16(26)7-10)19(27,28)29/h1-7H. The van der Waals surface area contributed by atoms with Gasteiger partial charge < -0.3 is 4.74 Å². The van der Waals surface area contributed by atoms with Crippen LogP contribution in [0.5, 0.6) is 5.75 Å². The zero-order chi connectivity index (χ0) is 24.0. The fourth-order valence-corrected chi connectivity index (χ4v) is 3.14. The molecule has 0 amide bonds. The molecule has 3 rings (SSSR count). The minimum Gasteiger partial charge on any atom is -0.429 e. The first-order valence-corrected chi connectivity index (χ1v) is 9.08. The van der Waals surface area contributed by atoms with Crippen molar-refractivity contribution in [3.05, 3.63) is 87.2 Å². The Hall–Kier alpha value is -2.76. The highest BCUT2D eigenvalue weighted by Gasteiger charge is 2.43. The van der Waals surface area contributed by atoms with Crippen molar-refractivity contribution in [2.45, 2.75) is 12.3 Å². The summed E-state index contributed by atoms with van der Waals surface area (Å²) in [5.74, 6) is -10.7. The summed E-state index contributed by atoms with van der Waals surface area (Å²) in [6.45, 7) is 0. The Morgan fingerprint density at radius 2 is 1.12 bits per heavy atom. The summed E-state index contributed by atoms with van der Waals surface area (Å²) in [6.07, 6.45) is -10.4. The molecule has 3 aromatic rings. The summed E-state index contributed by atoms with van der Waals surface area (Å²) >= 11 is 2.97. The van der Waals surface area contributed by atoms with Crippen molar-refractivity contribution in [3.8, 4) is 16.9 Å². The highest BCUT2D eigenvalue weighted by molar-refractivity contribution is 9.10. The summed E-state index contributed by atoms with van der Waals surface area (Å²) in [5.41, 5.74) is -5.13. The molecule has 0 bridgehead atoms. The van der Waals surface area contributed by atoms with E-state index in [-0.39, 0.29) is 17.7 Å². The molecule has 0 heterocycles. The Kier molecular flexibility index (Phi) is 6.20. The molecular formula is C20H7BrF10O. The van der Waals surface area contributed by atoms with E-state index >= 15 is 0 Å². The molecule has 32 heavy (non-hydrogen) atoms. The molecule has 0 spiro atoms. The fraction of sp³-hybridized carbons (Fsp3) is 0.100. The number of rotatable bonds is 4. The molecule has 0 saturated carbocycles. The van der Waals surface area contributed by atoms with E-state index in [1.807, 2.05) is 0 Å². The van der Waals surface area contributed by atoms with Crippen molar-refractivity contribution in [2.75, 3.05) is 0 Å². The van der Waals surface area contributed by atoms with E-state index in [9.17, 15) is 43.9 Å². The predicted octanol–water partition coefficient (Wildman–Crippen LogP) is 7.96. The van der Waals surface area contributed by atoms with Gasteiger partial charge in [-0.3, -0.25) is 0 Å². The quantitative estimate of drug-likeness (QED) is 0.310. The molecule has 0 saturated heterocycles. The van der Waals surface area contributed by atoms with Crippen LogP contribution in [-0.2, 0) is 12.3 Å². The van der Waals surface area contributed by atoms with E-state index in [0.717, 1.165) is 12.1 Å². The van der Waals surface area contributed by atoms with Gasteiger partial charge in [-0.2, -0.15) is 22.0 Å². The average Bonchev–Trinajstić information content (AvgIpc) is 2.58. The van der Waals surface area contributed by atoms with Gasteiger partial charge in [0.25, 0.3) is 0 Å². The van der Waals surface area contributed by atoms with Crippen LogP contribution >= 0.6 is 15.9 Å². The third-order valence-electron chi connectivity index (χ3n) is 4.12. The Morgan fingerprint density at radius 3 is 1.59 bits per heavy atom. The lowest BCUT2D eigenvalue weighted by molar-refractivity contribution is -0.189. The number of halogens is 11. The van der Waals surface area contributed by atoms with Crippen molar-refractivity contribution < 1.29 is 48.6 Å². The lowest BCUT2D eigenvalue weighted by atomic mass is 10.0. The summed E-state index contributed by atoms with van der Waals surface area (Å²) in [5, 5.41) is 0. The topological polar surface area (TPSA) is 9.23 Å². The maximum atomic E-state index is 14.4. The first-order chi connectivity index (χ1) is 14.7. The second-order valence-electron chi connectivity index (χ2n) is 6.32. The van der Waals surface area contributed by atoms with Gasteiger partial charge in [-0.05, 0) is 29.8 Å². The SMILES string of the molecule is Fc1cc(Br)ccc1-c1cc(F)c(C(F)(F)Oc2cc(F)c(C(F)(F)F)c(F)c2)c(F)c1. The summed E-state index contributed by atoms with van der Waals surface area (Å²) in [6, 6.07) is 3.74. The maximum Gasteiger partial charge on any atom is 0.432 e. The Morgan fingerprint density at radius 1 is 0.625 bits per heavy atom. The van der Waals surface area contributed by atoms with Crippen molar-refractivity contribution in [2.24, 2.45) is 0 Å². The van der Waals surface area contributed by atoms with Crippen molar-refractivity contribution >= 4 is 15.9 Å². The molecule has 12 heteroatoms. The van der Waals surface area contributed by atoms with Crippen LogP contribution in [0.1, 0.15) is 11.1 Å². The van der Waals surface area contributed by atoms with Crippen LogP contribution < -0.4 is 4.74 Å². The summed E-state index contributed by atoms with van der Waals surface area (Å²) in [7, 11) is 0. The zero-order valence-corrected chi connectivity index (χ0v) is 16.7. The van der Waals surface area contributed by atoms with E-state index in [0.29, 0.717) is 16.6 Å². The van der Waals surface area contributed by atoms with Crippen molar-refractivity contribution in [1.29, 1.82) is 0 Å². The van der Waals surface area contributed by atoms with Gasteiger partial charge in [-0.15, -0.1) is 0 Å². The fourth-order valence-electron chi connectivity index (χ4n) is 2.81. The number of hydrogen-bond donors (Lipinski definition) is 0. The lowest BCUT2D eigenvalue weighted by Crippen LogP contribution is -2.25. The van der Waals surface area contributed by atoms with Crippen molar-refractivity contribution in [1.82, 2.24) is 0 Å². The van der Waals surface area contributed by atoms with Crippen LogP contribution in [0, 0.1) is 29.1 Å². The molecule has 3 aromatic carbocycles. The van der Waals surface area contributed by atoms with E-state index in [1.165, 1.54) is 6.07 Å². The molecule has 0 aliphatic heterocycles. The van der Waals surface area contributed by atoms with Gasteiger partial charge in [0.15, 0.2) is 0 Å². The number of hydrogen-bond acceptors (Lipinski definition) is 1. The van der Waals surface area contributed by atoms with E-state index < -0.39 is 63.8 Å². The minimum absolute atomic E-state index is 0.207. The molecule has 0 aromatic heterocycles. The molecule has 0 N–H and O–H groups in total. The molecule has 0 radical (unpaired) electrons. The Balaban J connectivity index is 2.00. The summed E-state index contributed by atoms with van der Waals surface area (Å²) in [4.78, 5) is 0. The van der Waals surface area contributed by atoms with Gasteiger partial charge in [0.05, 0.1) is 0 Å². The second kappa shape index (κ2) is 8.30. The predicted molar refractivity (Wildman–Crippen MR) is 95.3 cm³/mol. The van der Waals surface area contributed by atoms with Gasteiger partial charge in [0, 0.05) is 22.2 Å². The third-order valence-corrected chi connectivity index (χ3v) is 4.61. The highest BCUT2D eigenvalue weighted by atomic mass is 79.9. The highest BCUT2D eigenvalue weighted by Crippen LogP contribution is 2.40. The van der Waals surface area contributed by atoms with Gasteiger partial charge in [-0.25, -0.2) is 22.0 Å². The molecule has 0 atom stereocenters. The lowest BCUT2D eigenvalue weighted by Gasteiger charge is -2.21. The Labute approximate surface area is 181 Å². The van der Waals surface area contributed by atoms with Crippen LogP contribution in [0.2, 0.25) is 0 Å². The van der Waals surface area contributed by atoms with E-state index in [2.05, 4.69) is 20.7 Å². The van der Waals surface area contributed by atoms with Gasteiger partial charge >= 0.3 is 12.3 Å². The normalized spacial score (nSPS) is 12.2. The van der Waals surface area contributed by atoms with Gasteiger partial charge in [-0.1, -0.05) is 22.0 Å². The minimum atomic E-state index is -5.47. The first-order valence-electron chi connectivity index (χ1n) is 8.28. The van der Waals surface area contributed by atoms with Gasteiger partial charge in [0.2, 0.25) is 0 Å². The molecule has 1 nitrogen and oxygen atoms in total. The number of alkyl halides is 5.